The predicted molar refractivity (Wildman–Crippen MR) is 111 cm³/mol. The maximum Gasteiger partial charge on any atom is 0.243 e. The van der Waals surface area contributed by atoms with Crippen LogP contribution in [0.5, 0.6) is 0 Å². The second kappa shape index (κ2) is 11.4. The molecule has 0 aliphatic heterocycles. The van der Waals surface area contributed by atoms with E-state index in [2.05, 4.69) is 31.0 Å². The number of carbonyl (C=O) groups excluding carboxylic acids is 1. The minimum Gasteiger partial charge on any atom is -0.325 e. The van der Waals surface area contributed by atoms with E-state index < -0.39 is 10.0 Å². The molecule has 0 fully saturated rings. The van der Waals surface area contributed by atoms with Crippen LogP contribution in [-0.2, 0) is 14.8 Å². The predicted octanol–water partition coefficient (Wildman–Crippen LogP) is 3.56. The number of anilines is 1. The van der Waals surface area contributed by atoms with Gasteiger partial charge in [0.1, 0.15) is 0 Å². The maximum atomic E-state index is 12.5. The first-order valence-corrected chi connectivity index (χ1v) is 11.4. The van der Waals surface area contributed by atoms with Gasteiger partial charge in [0.2, 0.25) is 15.9 Å². The third kappa shape index (κ3) is 6.90. The van der Waals surface area contributed by atoms with Crippen molar-refractivity contribution in [3.8, 4) is 0 Å². The average Bonchev–Trinajstić information content (AvgIpc) is 2.65. The second-order valence-corrected chi connectivity index (χ2v) is 8.68. The molecule has 1 rings (SSSR count). The average molecular weight is 398 g/mol. The molecule has 6 nitrogen and oxygen atoms in total. The van der Waals surface area contributed by atoms with Gasteiger partial charge in [0.25, 0.3) is 0 Å². The summed E-state index contributed by atoms with van der Waals surface area (Å²) in [6.45, 7) is 12.1. The van der Waals surface area contributed by atoms with Gasteiger partial charge in [-0.2, -0.15) is 4.31 Å². The van der Waals surface area contributed by atoms with Crippen LogP contribution in [0.3, 0.4) is 0 Å². The summed E-state index contributed by atoms with van der Waals surface area (Å²) in [6.07, 6.45) is 3.15. The fourth-order valence-corrected chi connectivity index (χ4v) is 4.34. The normalized spacial score (nSPS) is 13.1. The first-order valence-electron chi connectivity index (χ1n) is 9.94. The van der Waals surface area contributed by atoms with E-state index >= 15 is 0 Å². The monoisotopic (exact) mass is 397 g/mol. The third-order valence-electron chi connectivity index (χ3n) is 4.84. The number of amides is 1. The number of rotatable bonds is 12. The Labute approximate surface area is 165 Å². The quantitative estimate of drug-likeness (QED) is 0.585. The molecule has 0 aromatic heterocycles. The third-order valence-corrected chi connectivity index (χ3v) is 6.91. The fourth-order valence-electron chi connectivity index (χ4n) is 2.88. The molecule has 7 heteroatoms. The van der Waals surface area contributed by atoms with Crippen LogP contribution in [0.4, 0.5) is 5.69 Å². The minimum atomic E-state index is -3.48. The van der Waals surface area contributed by atoms with Gasteiger partial charge in [-0.05, 0) is 50.6 Å². The smallest absolute Gasteiger partial charge is 0.243 e. The Morgan fingerprint density at radius 2 is 1.67 bits per heavy atom. The van der Waals surface area contributed by atoms with E-state index in [1.807, 2.05) is 13.8 Å². The molecule has 0 heterocycles. The number of hydrogen-bond acceptors (Lipinski definition) is 4. The van der Waals surface area contributed by atoms with Gasteiger partial charge in [-0.25, -0.2) is 8.42 Å². The van der Waals surface area contributed by atoms with Crippen molar-refractivity contribution < 1.29 is 13.2 Å². The topological polar surface area (TPSA) is 69.7 Å². The molecule has 1 atom stereocenters. The van der Waals surface area contributed by atoms with Crippen molar-refractivity contribution in [2.45, 2.75) is 64.8 Å². The van der Waals surface area contributed by atoms with Crippen LogP contribution in [0.1, 0.15) is 53.9 Å². The van der Waals surface area contributed by atoms with E-state index in [0.29, 0.717) is 31.4 Å². The molecule has 1 aromatic rings. The second-order valence-electron chi connectivity index (χ2n) is 6.74. The van der Waals surface area contributed by atoms with Crippen molar-refractivity contribution in [1.82, 2.24) is 9.21 Å². The molecule has 0 radical (unpaired) electrons. The summed E-state index contributed by atoms with van der Waals surface area (Å²) in [5.74, 6) is -0.0780. The SMILES string of the molecule is CCCCN(CC(=O)Nc1ccc(S(=O)(=O)N(CC)CC)cc1)[C@@H](C)CC. The van der Waals surface area contributed by atoms with Gasteiger partial charge < -0.3 is 5.32 Å². The van der Waals surface area contributed by atoms with E-state index in [1.54, 1.807) is 24.3 Å². The maximum absolute atomic E-state index is 12.5. The van der Waals surface area contributed by atoms with E-state index in [4.69, 9.17) is 0 Å². The molecule has 27 heavy (non-hydrogen) atoms. The Balaban J connectivity index is 2.78. The standard InChI is InChI=1S/C20H35N3O3S/c1-6-10-15-22(17(5)7-2)16-20(24)21-18-11-13-19(14-12-18)27(25,26)23(8-3)9-4/h11-14,17H,6-10,15-16H2,1-5H3,(H,21,24)/t17-/m0/s1. The van der Waals surface area contributed by atoms with Crippen LogP contribution in [0, 0.1) is 0 Å². The fraction of sp³-hybridized carbons (Fsp3) is 0.650. The zero-order chi connectivity index (χ0) is 20.4. The molecule has 1 aromatic carbocycles. The largest absolute Gasteiger partial charge is 0.325 e. The lowest BCUT2D eigenvalue weighted by molar-refractivity contribution is -0.117. The molecule has 0 unspecified atom stereocenters. The molecule has 1 N–H and O–H groups in total. The Hall–Kier alpha value is -1.44. The molecule has 0 aliphatic rings. The lowest BCUT2D eigenvalue weighted by atomic mass is 10.2. The number of sulfonamides is 1. The molecule has 0 spiro atoms. The first kappa shape index (κ1) is 23.6. The van der Waals surface area contributed by atoms with Crippen LogP contribution in [0.25, 0.3) is 0 Å². The highest BCUT2D eigenvalue weighted by atomic mass is 32.2. The van der Waals surface area contributed by atoms with Crippen molar-refractivity contribution in [3.63, 3.8) is 0 Å². The molecule has 0 saturated heterocycles. The van der Waals surface area contributed by atoms with Crippen molar-refractivity contribution in [2.75, 3.05) is 31.5 Å². The summed E-state index contributed by atoms with van der Waals surface area (Å²) in [4.78, 5) is 14.8. The molecule has 154 valence electrons. The van der Waals surface area contributed by atoms with E-state index in [1.165, 1.54) is 4.31 Å². The van der Waals surface area contributed by atoms with Crippen molar-refractivity contribution in [1.29, 1.82) is 0 Å². The lowest BCUT2D eigenvalue weighted by Crippen LogP contribution is -2.39. The lowest BCUT2D eigenvalue weighted by Gasteiger charge is -2.27. The highest BCUT2D eigenvalue weighted by molar-refractivity contribution is 7.89. The molecular weight excluding hydrogens is 362 g/mol. The Bertz CT molecular complexity index is 670. The van der Waals surface area contributed by atoms with E-state index in [0.717, 1.165) is 25.8 Å². The van der Waals surface area contributed by atoms with Gasteiger partial charge in [0.15, 0.2) is 0 Å². The van der Waals surface area contributed by atoms with E-state index in [9.17, 15) is 13.2 Å². The summed E-state index contributed by atoms with van der Waals surface area (Å²) in [5.41, 5.74) is 0.609. The summed E-state index contributed by atoms with van der Waals surface area (Å²) in [7, 11) is -3.48. The van der Waals surface area contributed by atoms with Crippen molar-refractivity contribution in [3.05, 3.63) is 24.3 Å². The number of nitrogens with zero attached hydrogens (tertiary/aromatic N) is 2. The summed E-state index contributed by atoms with van der Waals surface area (Å²) < 4.78 is 26.4. The highest BCUT2D eigenvalue weighted by Crippen LogP contribution is 2.18. The minimum absolute atomic E-state index is 0.0780. The molecule has 1 amide bonds. The molecule has 0 bridgehead atoms. The van der Waals surface area contributed by atoms with Crippen molar-refractivity contribution >= 4 is 21.6 Å². The van der Waals surface area contributed by atoms with Gasteiger partial charge in [-0.15, -0.1) is 0 Å². The van der Waals surface area contributed by atoms with Gasteiger partial charge in [-0.3, -0.25) is 9.69 Å². The molecule has 0 saturated carbocycles. The Kier molecular flexibility index (Phi) is 9.98. The Morgan fingerprint density at radius 1 is 1.07 bits per heavy atom. The molecular formula is C20H35N3O3S. The zero-order valence-electron chi connectivity index (χ0n) is 17.4. The van der Waals surface area contributed by atoms with Gasteiger partial charge >= 0.3 is 0 Å². The van der Waals surface area contributed by atoms with Crippen molar-refractivity contribution in [2.24, 2.45) is 0 Å². The van der Waals surface area contributed by atoms with Gasteiger partial charge in [0.05, 0.1) is 11.4 Å². The summed E-state index contributed by atoms with van der Waals surface area (Å²) in [6, 6.07) is 6.74. The van der Waals surface area contributed by atoms with Gasteiger partial charge in [-0.1, -0.05) is 34.1 Å². The highest BCUT2D eigenvalue weighted by Gasteiger charge is 2.21. The van der Waals surface area contributed by atoms with Crippen LogP contribution >= 0.6 is 0 Å². The summed E-state index contributed by atoms with van der Waals surface area (Å²) in [5, 5.41) is 2.87. The van der Waals surface area contributed by atoms with Crippen LogP contribution in [0.15, 0.2) is 29.2 Å². The number of nitrogens with one attached hydrogen (secondary N) is 1. The molecule has 0 aliphatic carbocycles. The Morgan fingerprint density at radius 3 is 2.15 bits per heavy atom. The number of hydrogen-bond donors (Lipinski definition) is 1. The van der Waals surface area contributed by atoms with Crippen LogP contribution in [0.2, 0.25) is 0 Å². The first-order chi connectivity index (χ1) is 12.8. The van der Waals surface area contributed by atoms with E-state index in [-0.39, 0.29) is 10.8 Å². The van der Waals surface area contributed by atoms with Crippen LogP contribution < -0.4 is 5.32 Å². The van der Waals surface area contributed by atoms with Gasteiger partial charge in [0, 0.05) is 24.8 Å². The number of unbranched alkanes of at least 4 members (excludes halogenated alkanes) is 1. The number of benzene rings is 1. The number of carbonyl (C=O) groups is 1. The van der Waals surface area contributed by atoms with Crippen LogP contribution in [-0.4, -0.2) is 55.8 Å². The summed E-state index contributed by atoms with van der Waals surface area (Å²) >= 11 is 0. The zero-order valence-corrected chi connectivity index (χ0v) is 18.2.